The number of unbranched alkanes of at least 4 members (excludes halogenated alkanes) is 17. The Morgan fingerprint density at radius 3 is 1.32 bits per heavy atom. The molecule has 2 atom stereocenters. The van der Waals surface area contributed by atoms with Gasteiger partial charge >= 0.3 is 0 Å². The summed E-state index contributed by atoms with van der Waals surface area (Å²) in [6, 6.07) is -0.643. The van der Waals surface area contributed by atoms with E-state index < -0.39 is 12.1 Å². The van der Waals surface area contributed by atoms with Crippen molar-refractivity contribution in [2.24, 2.45) is 0 Å². The molecule has 4 heteroatoms. The van der Waals surface area contributed by atoms with E-state index >= 15 is 0 Å². The van der Waals surface area contributed by atoms with Crippen molar-refractivity contribution in [3.05, 3.63) is 97.2 Å². The summed E-state index contributed by atoms with van der Waals surface area (Å²) >= 11 is 0. The van der Waals surface area contributed by atoms with Gasteiger partial charge in [0, 0.05) is 6.42 Å². The van der Waals surface area contributed by atoms with Crippen LogP contribution in [0.2, 0.25) is 0 Å². The monoisotopic (exact) mass is 734 g/mol. The Bertz CT molecular complexity index is 1010. The zero-order chi connectivity index (χ0) is 38.6. The Labute approximate surface area is 328 Å². The number of hydrogen-bond donors (Lipinski definition) is 3. The van der Waals surface area contributed by atoms with Gasteiger partial charge in [0.25, 0.3) is 0 Å². The van der Waals surface area contributed by atoms with E-state index in [0.717, 1.165) is 70.6 Å². The van der Waals surface area contributed by atoms with Gasteiger partial charge in [-0.2, -0.15) is 0 Å². The van der Waals surface area contributed by atoms with Gasteiger partial charge in [-0.25, -0.2) is 0 Å². The molecule has 0 aromatic rings. The van der Waals surface area contributed by atoms with Crippen molar-refractivity contribution in [3.8, 4) is 0 Å². The predicted molar refractivity (Wildman–Crippen MR) is 234 cm³/mol. The fraction of sp³-hybridized carbons (Fsp3) is 0.653. The average Bonchev–Trinajstić information content (AvgIpc) is 3.16. The molecule has 0 fully saturated rings. The average molecular weight is 734 g/mol. The molecule has 0 aliphatic rings. The third-order valence-electron chi connectivity index (χ3n) is 9.30. The predicted octanol–water partition coefficient (Wildman–Crippen LogP) is 13.8. The zero-order valence-corrected chi connectivity index (χ0v) is 34.5. The van der Waals surface area contributed by atoms with E-state index in [0.29, 0.717) is 6.42 Å². The molecule has 0 saturated heterocycles. The molecule has 0 spiro atoms. The highest BCUT2D eigenvalue weighted by Gasteiger charge is 2.17. The summed E-state index contributed by atoms with van der Waals surface area (Å²) in [6.45, 7) is 4.13. The van der Waals surface area contributed by atoms with Crippen molar-refractivity contribution in [1.82, 2.24) is 5.32 Å². The molecule has 0 bridgehead atoms. The van der Waals surface area contributed by atoms with Crippen LogP contribution in [0.25, 0.3) is 0 Å². The lowest BCUT2D eigenvalue weighted by Crippen LogP contribution is -2.45. The molecule has 4 nitrogen and oxygen atoms in total. The number of aliphatic hydroxyl groups excluding tert-OH is 2. The molecular formula is C49H83NO3. The van der Waals surface area contributed by atoms with Gasteiger partial charge in [0.1, 0.15) is 0 Å². The normalized spacial score (nSPS) is 14.0. The van der Waals surface area contributed by atoms with Crippen LogP contribution < -0.4 is 5.32 Å². The molecule has 0 rings (SSSR count). The molecule has 0 heterocycles. The molecule has 2 unspecified atom stereocenters. The van der Waals surface area contributed by atoms with Gasteiger partial charge < -0.3 is 15.5 Å². The smallest absolute Gasteiger partial charge is 0.220 e. The maximum Gasteiger partial charge on any atom is 0.220 e. The summed E-state index contributed by atoms with van der Waals surface area (Å²) in [5.74, 6) is -0.0835. The van der Waals surface area contributed by atoms with Crippen LogP contribution in [-0.4, -0.2) is 34.9 Å². The minimum atomic E-state index is -0.865. The highest BCUT2D eigenvalue weighted by molar-refractivity contribution is 5.76. The van der Waals surface area contributed by atoms with E-state index in [-0.39, 0.29) is 12.5 Å². The first-order valence-corrected chi connectivity index (χ1v) is 22.0. The number of allylic oxidation sites excluding steroid dienone is 15. The highest BCUT2D eigenvalue weighted by Crippen LogP contribution is 2.13. The first-order valence-electron chi connectivity index (χ1n) is 22.0. The van der Waals surface area contributed by atoms with Crippen LogP contribution in [0.5, 0.6) is 0 Å². The molecule has 3 N–H and O–H groups in total. The minimum Gasteiger partial charge on any atom is -0.394 e. The van der Waals surface area contributed by atoms with Crippen molar-refractivity contribution >= 4 is 5.91 Å². The standard InChI is InChI=1S/C49H83NO3/c1-3-5-7-9-11-13-15-16-17-18-19-20-21-22-23-24-25-26-27-28-29-30-31-32-33-34-35-37-39-41-43-45-49(53)50-47(46-51)48(52)44-42-40-38-36-14-12-10-8-6-4-2/h5,7,11,13-14,16-17,19-20,22-23,25-26,36,42,44,47-48,51-52H,3-4,6,8-10,12,15,18,21,24,27-35,37-41,43,45-46H2,1-2H3,(H,50,53)/b7-5-,13-11-,17-16-,20-19-,23-22-,26-25-,36-14+,44-42+. The summed E-state index contributed by atoms with van der Waals surface area (Å²) in [5, 5.41) is 22.9. The second kappa shape index (κ2) is 43.7. The van der Waals surface area contributed by atoms with Gasteiger partial charge in [-0.15, -0.1) is 0 Å². The summed E-state index contributed by atoms with van der Waals surface area (Å²) in [4.78, 5) is 12.3. The molecule has 53 heavy (non-hydrogen) atoms. The van der Waals surface area contributed by atoms with E-state index in [1.807, 2.05) is 6.08 Å². The van der Waals surface area contributed by atoms with Gasteiger partial charge in [0.15, 0.2) is 0 Å². The van der Waals surface area contributed by atoms with Crippen LogP contribution >= 0.6 is 0 Å². The van der Waals surface area contributed by atoms with E-state index in [2.05, 4.69) is 104 Å². The van der Waals surface area contributed by atoms with Gasteiger partial charge in [0.05, 0.1) is 18.8 Å². The van der Waals surface area contributed by atoms with Gasteiger partial charge in [0.2, 0.25) is 5.91 Å². The molecule has 0 aliphatic heterocycles. The van der Waals surface area contributed by atoms with Crippen molar-refractivity contribution in [2.45, 2.75) is 199 Å². The Morgan fingerprint density at radius 2 is 0.849 bits per heavy atom. The molecular weight excluding hydrogens is 651 g/mol. The fourth-order valence-corrected chi connectivity index (χ4v) is 5.96. The topological polar surface area (TPSA) is 69.6 Å². The van der Waals surface area contributed by atoms with E-state index in [4.69, 9.17) is 0 Å². The summed E-state index contributed by atoms with van der Waals surface area (Å²) in [7, 11) is 0. The molecule has 0 aromatic heterocycles. The lowest BCUT2D eigenvalue weighted by Gasteiger charge is -2.19. The first kappa shape index (κ1) is 50.3. The minimum absolute atomic E-state index is 0.0835. The van der Waals surface area contributed by atoms with Crippen molar-refractivity contribution in [3.63, 3.8) is 0 Å². The Hall–Kier alpha value is -2.69. The van der Waals surface area contributed by atoms with Gasteiger partial charge in [-0.1, -0.05) is 195 Å². The van der Waals surface area contributed by atoms with Crippen LogP contribution in [0.15, 0.2) is 97.2 Å². The third kappa shape index (κ3) is 40.3. The van der Waals surface area contributed by atoms with Crippen LogP contribution in [-0.2, 0) is 4.79 Å². The van der Waals surface area contributed by atoms with Crippen LogP contribution in [0.3, 0.4) is 0 Å². The first-order chi connectivity index (χ1) is 26.2. The molecule has 1 amide bonds. The van der Waals surface area contributed by atoms with E-state index in [9.17, 15) is 15.0 Å². The number of rotatable bonds is 38. The maximum atomic E-state index is 12.3. The fourth-order valence-electron chi connectivity index (χ4n) is 5.96. The van der Waals surface area contributed by atoms with Crippen LogP contribution in [0, 0.1) is 0 Å². The molecule has 0 radical (unpaired) electrons. The quantitative estimate of drug-likeness (QED) is 0.0437. The number of hydrogen-bond acceptors (Lipinski definition) is 3. The van der Waals surface area contributed by atoms with E-state index in [1.165, 1.54) is 96.3 Å². The molecule has 0 aromatic carbocycles. The summed E-state index contributed by atoms with van der Waals surface area (Å²) in [6.07, 6.45) is 65.2. The van der Waals surface area contributed by atoms with Crippen LogP contribution in [0.4, 0.5) is 0 Å². The van der Waals surface area contributed by atoms with Crippen LogP contribution in [0.1, 0.15) is 187 Å². The summed E-state index contributed by atoms with van der Waals surface area (Å²) in [5.41, 5.74) is 0. The van der Waals surface area contributed by atoms with Gasteiger partial charge in [-0.05, 0) is 83.5 Å². The maximum absolute atomic E-state index is 12.3. The van der Waals surface area contributed by atoms with Crippen molar-refractivity contribution in [1.29, 1.82) is 0 Å². The number of amides is 1. The second-order valence-corrected chi connectivity index (χ2v) is 14.4. The largest absolute Gasteiger partial charge is 0.394 e. The lowest BCUT2D eigenvalue weighted by atomic mass is 10.0. The molecule has 0 aliphatic carbocycles. The molecule has 0 saturated carbocycles. The SMILES string of the molecule is CC/C=C\C/C=C\C/C=C\C/C=C\C/C=C\C/C=C\CCCCCCCCCCCCCCC(=O)NC(CO)C(O)/C=C/CC/C=C/CCCCCC. The number of aliphatic hydroxyl groups is 2. The summed E-state index contributed by atoms with van der Waals surface area (Å²) < 4.78 is 0. The van der Waals surface area contributed by atoms with Gasteiger partial charge in [-0.3, -0.25) is 4.79 Å². The Balaban J connectivity index is 3.58. The van der Waals surface area contributed by atoms with Crippen molar-refractivity contribution in [2.75, 3.05) is 6.61 Å². The second-order valence-electron chi connectivity index (χ2n) is 14.4. The Kier molecular flexibility index (Phi) is 41.5. The zero-order valence-electron chi connectivity index (χ0n) is 34.5. The highest BCUT2D eigenvalue weighted by atomic mass is 16.3. The lowest BCUT2D eigenvalue weighted by molar-refractivity contribution is -0.123. The third-order valence-corrected chi connectivity index (χ3v) is 9.30. The number of carbonyl (C=O) groups excluding carboxylic acids is 1. The Morgan fingerprint density at radius 1 is 0.472 bits per heavy atom. The van der Waals surface area contributed by atoms with Crippen molar-refractivity contribution < 1.29 is 15.0 Å². The number of carbonyl (C=O) groups is 1. The van der Waals surface area contributed by atoms with E-state index in [1.54, 1.807) is 6.08 Å². The molecule has 302 valence electrons. The number of nitrogens with one attached hydrogen (secondary N) is 1.